The van der Waals surface area contributed by atoms with Crippen molar-refractivity contribution in [2.75, 3.05) is 18.2 Å². The Morgan fingerprint density at radius 2 is 1.72 bits per heavy atom. The average molecular weight is 411 g/mol. The lowest BCUT2D eigenvalue weighted by molar-refractivity contribution is 0.174. The summed E-state index contributed by atoms with van der Waals surface area (Å²) in [5.74, 6) is 1.73. The quantitative estimate of drug-likeness (QED) is 0.610. The Bertz CT molecular complexity index is 1130. The first-order valence-corrected chi connectivity index (χ1v) is 10.5. The van der Waals surface area contributed by atoms with E-state index >= 15 is 0 Å². The summed E-state index contributed by atoms with van der Waals surface area (Å²) in [6.07, 6.45) is 0. The van der Waals surface area contributed by atoms with E-state index in [1.165, 1.54) is 4.31 Å². The number of fused-ring (bicyclic) bond motifs is 1. The van der Waals surface area contributed by atoms with E-state index in [0.717, 1.165) is 11.1 Å². The number of methoxy groups -OCH3 is 1. The molecule has 0 unspecified atom stereocenters. The smallest absolute Gasteiger partial charge is 0.264 e. The van der Waals surface area contributed by atoms with Gasteiger partial charge in [0.15, 0.2) is 11.5 Å². The number of rotatable bonds is 6. The molecule has 0 N–H and O–H groups in total. The van der Waals surface area contributed by atoms with Crippen molar-refractivity contribution in [3.8, 4) is 17.2 Å². The SMILES string of the molecule is COc1ccc(S(=O)(=O)N(Cc2cccc(C)c2)c2ccc3c(c2)OCO3)cc1. The average Bonchev–Trinajstić information content (AvgIpc) is 3.20. The predicted octanol–water partition coefficient (Wildman–Crippen LogP) is 4.13. The molecule has 0 saturated heterocycles. The Kier molecular flexibility index (Phi) is 5.07. The van der Waals surface area contributed by atoms with Gasteiger partial charge in [-0.05, 0) is 48.9 Å². The highest BCUT2D eigenvalue weighted by Crippen LogP contribution is 2.37. The van der Waals surface area contributed by atoms with E-state index < -0.39 is 10.0 Å². The maximum Gasteiger partial charge on any atom is 0.264 e. The van der Waals surface area contributed by atoms with Crippen LogP contribution in [0.1, 0.15) is 11.1 Å². The topological polar surface area (TPSA) is 65.1 Å². The van der Waals surface area contributed by atoms with Gasteiger partial charge in [-0.15, -0.1) is 0 Å². The Morgan fingerprint density at radius 1 is 0.966 bits per heavy atom. The fourth-order valence-corrected chi connectivity index (χ4v) is 4.65. The minimum atomic E-state index is -3.83. The van der Waals surface area contributed by atoms with Gasteiger partial charge in [0.1, 0.15) is 5.75 Å². The van der Waals surface area contributed by atoms with Crippen molar-refractivity contribution in [2.45, 2.75) is 18.4 Å². The zero-order valence-corrected chi connectivity index (χ0v) is 17.0. The first-order chi connectivity index (χ1) is 14.0. The molecule has 1 heterocycles. The zero-order valence-electron chi connectivity index (χ0n) is 16.2. The molecule has 0 bridgehead atoms. The van der Waals surface area contributed by atoms with Crippen molar-refractivity contribution < 1.29 is 22.6 Å². The molecule has 0 saturated carbocycles. The van der Waals surface area contributed by atoms with Crippen LogP contribution in [0.3, 0.4) is 0 Å². The normalized spacial score (nSPS) is 12.6. The van der Waals surface area contributed by atoms with Crippen LogP contribution in [0.15, 0.2) is 71.6 Å². The standard InChI is InChI=1S/C22H21NO5S/c1-16-4-3-5-17(12-16)14-23(18-6-11-21-22(13-18)28-15-27-21)29(24,25)20-9-7-19(26-2)8-10-20/h3-13H,14-15H2,1-2H3. The number of ether oxygens (including phenoxy) is 3. The van der Waals surface area contributed by atoms with Crippen LogP contribution < -0.4 is 18.5 Å². The van der Waals surface area contributed by atoms with Crippen LogP contribution in [0.2, 0.25) is 0 Å². The molecule has 0 fully saturated rings. The molecule has 0 radical (unpaired) electrons. The van der Waals surface area contributed by atoms with E-state index in [4.69, 9.17) is 14.2 Å². The number of anilines is 1. The Balaban J connectivity index is 1.78. The summed E-state index contributed by atoms with van der Waals surface area (Å²) in [6.45, 7) is 2.30. The summed E-state index contributed by atoms with van der Waals surface area (Å²) in [5.41, 5.74) is 2.46. The Labute approximate surface area is 170 Å². The minimum absolute atomic E-state index is 0.127. The third-order valence-corrected chi connectivity index (χ3v) is 6.49. The molecule has 0 amide bonds. The molecule has 6 nitrogen and oxygen atoms in total. The lowest BCUT2D eigenvalue weighted by Gasteiger charge is -2.25. The van der Waals surface area contributed by atoms with Crippen LogP contribution in [-0.2, 0) is 16.6 Å². The molecule has 1 aliphatic rings. The van der Waals surface area contributed by atoms with Crippen molar-refractivity contribution >= 4 is 15.7 Å². The molecule has 0 aromatic heterocycles. The van der Waals surface area contributed by atoms with Crippen LogP contribution in [-0.4, -0.2) is 22.3 Å². The van der Waals surface area contributed by atoms with Crippen molar-refractivity contribution in [2.24, 2.45) is 0 Å². The van der Waals surface area contributed by atoms with Gasteiger partial charge in [-0.1, -0.05) is 29.8 Å². The second kappa shape index (κ2) is 7.67. The fraction of sp³-hybridized carbons (Fsp3) is 0.182. The summed E-state index contributed by atoms with van der Waals surface area (Å²) in [4.78, 5) is 0.184. The van der Waals surface area contributed by atoms with Crippen LogP contribution in [0.4, 0.5) is 5.69 Å². The molecular formula is C22H21NO5S. The first-order valence-electron chi connectivity index (χ1n) is 9.09. The minimum Gasteiger partial charge on any atom is -0.497 e. The van der Waals surface area contributed by atoms with Gasteiger partial charge in [0, 0.05) is 6.07 Å². The molecule has 3 aromatic rings. The second-order valence-electron chi connectivity index (χ2n) is 6.71. The Hall–Kier alpha value is -3.19. The van der Waals surface area contributed by atoms with Crippen LogP contribution in [0, 0.1) is 6.92 Å². The van der Waals surface area contributed by atoms with Crippen molar-refractivity contribution in [3.05, 3.63) is 77.9 Å². The molecule has 0 atom stereocenters. The highest BCUT2D eigenvalue weighted by atomic mass is 32.2. The molecule has 150 valence electrons. The summed E-state index contributed by atoms with van der Waals surface area (Å²) in [7, 11) is -2.28. The maximum absolute atomic E-state index is 13.5. The molecule has 7 heteroatoms. The molecule has 29 heavy (non-hydrogen) atoms. The zero-order chi connectivity index (χ0) is 20.4. The number of hydrogen-bond acceptors (Lipinski definition) is 5. The van der Waals surface area contributed by atoms with Gasteiger partial charge in [-0.2, -0.15) is 0 Å². The summed E-state index contributed by atoms with van der Waals surface area (Å²) < 4.78 is 44.4. The van der Waals surface area contributed by atoms with Crippen LogP contribution in [0.25, 0.3) is 0 Å². The van der Waals surface area contributed by atoms with Gasteiger partial charge < -0.3 is 14.2 Å². The predicted molar refractivity (Wildman–Crippen MR) is 110 cm³/mol. The molecule has 0 spiro atoms. The number of benzene rings is 3. The van der Waals surface area contributed by atoms with E-state index in [0.29, 0.717) is 22.9 Å². The highest BCUT2D eigenvalue weighted by molar-refractivity contribution is 7.92. The van der Waals surface area contributed by atoms with Gasteiger partial charge in [0.05, 0.1) is 24.2 Å². The van der Waals surface area contributed by atoms with E-state index in [2.05, 4.69) is 0 Å². The van der Waals surface area contributed by atoms with Crippen LogP contribution >= 0.6 is 0 Å². The van der Waals surface area contributed by atoms with E-state index in [1.807, 2.05) is 31.2 Å². The summed E-state index contributed by atoms with van der Waals surface area (Å²) >= 11 is 0. The third-order valence-electron chi connectivity index (χ3n) is 4.70. The molecule has 4 rings (SSSR count). The fourth-order valence-electron chi connectivity index (χ4n) is 3.21. The molecule has 1 aliphatic heterocycles. The van der Waals surface area contributed by atoms with Crippen molar-refractivity contribution in [1.29, 1.82) is 0 Å². The first kappa shape index (κ1) is 19.1. The number of aryl methyl sites for hydroxylation is 1. The largest absolute Gasteiger partial charge is 0.497 e. The number of sulfonamides is 1. The van der Waals surface area contributed by atoms with E-state index in [-0.39, 0.29) is 18.2 Å². The number of nitrogens with zero attached hydrogens (tertiary/aromatic N) is 1. The van der Waals surface area contributed by atoms with E-state index in [9.17, 15) is 8.42 Å². The summed E-state index contributed by atoms with van der Waals surface area (Å²) in [6, 6.07) is 19.3. The highest BCUT2D eigenvalue weighted by Gasteiger charge is 2.27. The molecular weight excluding hydrogens is 390 g/mol. The maximum atomic E-state index is 13.5. The van der Waals surface area contributed by atoms with E-state index in [1.54, 1.807) is 49.6 Å². The van der Waals surface area contributed by atoms with Gasteiger partial charge >= 0.3 is 0 Å². The third kappa shape index (κ3) is 3.86. The van der Waals surface area contributed by atoms with Gasteiger partial charge in [0.2, 0.25) is 6.79 Å². The number of hydrogen-bond donors (Lipinski definition) is 0. The second-order valence-corrected chi connectivity index (χ2v) is 8.58. The van der Waals surface area contributed by atoms with Gasteiger partial charge in [0.25, 0.3) is 10.0 Å². The van der Waals surface area contributed by atoms with Gasteiger partial charge in [-0.25, -0.2) is 8.42 Å². The van der Waals surface area contributed by atoms with Gasteiger partial charge in [-0.3, -0.25) is 4.31 Å². The van der Waals surface area contributed by atoms with Crippen LogP contribution in [0.5, 0.6) is 17.2 Å². The Morgan fingerprint density at radius 3 is 2.45 bits per heavy atom. The van der Waals surface area contributed by atoms with Crippen molar-refractivity contribution in [3.63, 3.8) is 0 Å². The molecule has 0 aliphatic carbocycles. The lowest BCUT2D eigenvalue weighted by atomic mass is 10.1. The summed E-state index contributed by atoms with van der Waals surface area (Å²) in [5, 5.41) is 0. The molecule has 3 aromatic carbocycles. The lowest BCUT2D eigenvalue weighted by Crippen LogP contribution is -2.30. The monoisotopic (exact) mass is 411 g/mol. The van der Waals surface area contributed by atoms with Crippen molar-refractivity contribution in [1.82, 2.24) is 0 Å².